The van der Waals surface area contributed by atoms with Gasteiger partial charge in [0.1, 0.15) is 0 Å². The minimum atomic E-state index is -4.05. The first kappa shape index (κ1) is 18.9. The van der Waals surface area contributed by atoms with Crippen LogP contribution < -0.4 is 23.6 Å². The molecule has 0 unspecified atom stereocenters. The molecule has 0 spiro atoms. The van der Waals surface area contributed by atoms with Crippen LogP contribution in [0.3, 0.4) is 0 Å². The second kappa shape index (κ2) is 8.63. The van der Waals surface area contributed by atoms with E-state index in [1.165, 1.54) is 0 Å². The van der Waals surface area contributed by atoms with Crippen LogP contribution in [-0.4, -0.2) is 44.8 Å². The van der Waals surface area contributed by atoms with Gasteiger partial charge in [-0.3, -0.25) is 4.18 Å². The molecule has 0 saturated heterocycles. The van der Waals surface area contributed by atoms with E-state index < -0.39 is 19.1 Å². The van der Waals surface area contributed by atoms with Crippen LogP contribution in [0.5, 0.6) is 0 Å². The molecule has 0 bridgehead atoms. The normalized spacial score (nSPS) is 12.2. The molecular formula is C6H18LiNO6SSi. The van der Waals surface area contributed by atoms with Gasteiger partial charge in [-0.2, -0.15) is 13.1 Å². The molecule has 0 amide bonds. The molecule has 0 aromatic rings. The van der Waals surface area contributed by atoms with Crippen molar-refractivity contribution < 1.29 is 47.3 Å². The van der Waals surface area contributed by atoms with E-state index in [-0.39, 0.29) is 45.9 Å². The fourth-order valence-corrected chi connectivity index (χ4v) is 2.27. The Balaban J connectivity index is -0.000000980. The summed E-state index contributed by atoms with van der Waals surface area (Å²) in [5.41, 5.74) is 0. The van der Waals surface area contributed by atoms with Crippen molar-refractivity contribution in [1.29, 1.82) is 0 Å². The molecule has 0 aromatic heterocycles. The van der Waals surface area contributed by atoms with Crippen molar-refractivity contribution in [3.63, 3.8) is 0 Å². The van der Waals surface area contributed by atoms with Crippen LogP contribution in [0.1, 0.15) is 21.2 Å². The molecule has 0 saturated carbocycles. The Morgan fingerprint density at radius 2 is 1.94 bits per heavy atom. The van der Waals surface area contributed by atoms with Crippen molar-refractivity contribution in [3.05, 3.63) is 0 Å². The summed E-state index contributed by atoms with van der Waals surface area (Å²) in [5.74, 6) is 0. The van der Waals surface area contributed by atoms with Gasteiger partial charge < -0.3 is 15.8 Å². The third kappa shape index (κ3) is 12.6. The van der Waals surface area contributed by atoms with E-state index in [0.717, 1.165) is 0 Å². The molecule has 10 heteroatoms. The van der Waals surface area contributed by atoms with Gasteiger partial charge >= 0.3 is 38.0 Å². The van der Waals surface area contributed by atoms with Crippen molar-refractivity contribution in [3.8, 4) is 0 Å². The molecule has 0 atom stereocenters. The molecule has 16 heavy (non-hydrogen) atoms. The summed E-state index contributed by atoms with van der Waals surface area (Å²) in [6, 6.07) is -0.205. The Bertz CT molecular complexity index is 272. The van der Waals surface area contributed by atoms with Crippen molar-refractivity contribution >= 4 is 19.1 Å². The second-order valence-corrected chi connectivity index (χ2v) is 6.53. The molecule has 0 radical (unpaired) electrons. The second-order valence-electron chi connectivity index (χ2n) is 3.05. The van der Waals surface area contributed by atoms with Crippen LogP contribution in [0, 0.1) is 0 Å². The Kier molecular flexibility index (Phi) is 10.2. The van der Waals surface area contributed by atoms with Crippen LogP contribution in [0.25, 0.3) is 0 Å². The van der Waals surface area contributed by atoms with Crippen molar-refractivity contribution in [2.24, 2.45) is 0 Å². The average Bonchev–Trinajstić information content (AvgIpc) is 2.08. The van der Waals surface area contributed by atoms with Crippen molar-refractivity contribution in [2.45, 2.75) is 25.8 Å². The van der Waals surface area contributed by atoms with Gasteiger partial charge in [0.2, 0.25) is 0 Å². The largest absolute Gasteiger partial charge is 1.00 e. The van der Waals surface area contributed by atoms with E-state index in [1.807, 2.05) is 0 Å². The minimum Gasteiger partial charge on any atom is -1.00 e. The fraction of sp³-hybridized carbons (Fsp3) is 1.00. The Labute approximate surface area is 110 Å². The Morgan fingerprint density at radius 1 is 1.38 bits per heavy atom. The van der Waals surface area contributed by atoms with E-state index in [2.05, 4.69) is 8.91 Å². The molecule has 0 heterocycles. The molecule has 0 aromatic carbocycles. The smallest absolute Gasteiger partial charge is 1.00 e. The maximum atomic E-state index is 11.0. The monoisotopic (exact) mass is 267 g/mol. The molecule has 7 nitrogen and oxygen atoms in total. The first-order valence-corrected chi connectivity index (χ1v) is 8.03. The third-order valence-corrected chi connectivity index (χ3v) is 3.47. The van der Waals surface area contributed by atoms with Crippen LogP contribution in [0.2, 0.25) is 6.04 Å². The molecule has 4 N–H and O–H groups in total. The quantitative estimate of drug-likeness (QED) is 0.261. The minimum absolute atomic E-state index is 0. The van der Waals surface area contributed by atoms with Crippen LogP contribution in [-0.2, 0) is 14.5 Å². The summed E-state index contributed by atoms with van der Waals surface area (Å²) in [6.45, 7) is 1.88. The van der Waals surface area contributed by atoms with E-state index in [0.29, 0.717) is 6.42 Å². The summed E-state index contributed by atoms with van der Waals surface area (Å²) >= 11 is 0. The molecule has 0 aliphatic heterocycles. The predicted octanol–water partition coefficient (Wildman–Crippen LogP) is -4.33. The number of hydrogen-bond acceptors (Lipinski definition) is 6. The molecule has 94 valence electrons. The van der Waals surface area contributed by atoms with Gasteiger partial charge in [-0.15, -0.1) is 0 Å². The summed E-state index contributed by atoms with van der Waals surface area (Å²) in [5, 5.41) is 0. The molecular weight excluding hydrogens is 249 g/mol. The predicted molar refractivity (Wildman–Crippen MR) is 56.1 cm³/mol. The zero-order valence-corrected chi connectivity index (χ0v) is 11.3. The average molecular weight is 267 g/mol. The Hall–Kier alpha value is 0.564. The first-order chi connectivity index (χ1) is 6.77. The van der Waals surface area contributed by atoms with Gasteiger partial charge in [0, 0.05) is 12.6 Å². The topological polar surface area (TPSA) is 116 Å². The summed E-state index contributed by atoms with van der Waals surface area (Å²) in [7, 11) is -7.80. The van der Waals surface area contributed by atoms with Crippen molar-refractivity contribution in [1.82, 2.24) is 4.72 Å². The molecule has 0 rings (SSSR count). The summed E-state index contributed by atoms with van der Waals surface area (Å²) in [6.07, 6.45) is 0.727. The standard InChI is InChI=1S/C6H17NO6SSi.Li.H/c1-2-5-13-14(8,9)7-4-3-6-15(10,11)12;;/h7,10-12H,2-6H2,1H3;;/q;+1;-1. The maximum absolute atomic E-state index is 11.0. The SMILES string of the molecule is CCCOS(=O)(=O)NCCC[Si](O)(O)O.[H-].[Li+]. The zero-order chi connectivity index (χ0) is 11.9. The van der Waals surface area contributed by atoms with Crippen molar-refractivity contribution in [2.75, 3.05) is 13.2 Å². The van der Waals surface area contributed by atoms with E-state index in [4.69, 9.17) is 14.4 Å². The van der Waals surface area contributed by atoms with Gasteiger partial charge in [-0.25, -0.2) is 0 Å². The number of hydrogen-bond donors (Lipinski definition) is 4. The third-order valence-electron chi connectivity index (χ3n) is 1.41. The van der Waals surface area contributed by atoms with Crippen LogP contribution in [0.4, 0.5) is 0 Å². The van der Waals surface area contributed by atoms with Gasteiger partial charge in [-0.1, -0.05) is 6.92 Å². The summed E-state index contributed by atoms with van der Waals surface area (Å²) < 4.78 is 28.6. The number of nitrogens with one attached hydrogen (secondary N) is 1. The van der Waals surface area contributed by atoms with Gasteiger partial charge in [0.05, 0.1) is 6.61 Å². The van der Waals surface area contributed by atoms with Crippen LogP contribution >= 0.6 is 0 Å². The van der Waals surface area contributed by atoms with Gasteiger partial charge in [0.25, 0.3) is 0 Å². The Morgan fingerprint density at radius 3 is 2.38 bits per heavy atom. The molecule has 0 fully saturated rings. The zero-order valence-electron chi connectivity index (χ0n) is 10.5. The maximum Gasteiger partial charge on any atom is 1.00 e. The number of rotatable bonds is 8. The van der Waals surface area contributed by atoms with Gasteiger partial charge in [-0.05, 0) is 12.8 Å². The van der Waals surface area contributed by atoms with E-state index in [9.17, 15) is 8.42 Å². The molecule has 0 aliphatic rings. The van der Waals surface area contributed by atoms with Crippen LogP contribution in [0.15, 0.2) is 0 Å². The summed E-state index contributed by atoms with van der Waals surface area (Å²) in [4.78, 5) is 25.9. The van der Waals surface area contributed by atoms with Gasteiger partial charge in [0.15, 0.2) is 0 Å². The van der Waals surface area contributed by atoms with E-state index >= 15 is 0 Å². The van der Waals surface area contributed by atoms with E-state index in [1.54, 1.807) is 6.92 Å². The molecule has 0 aliphatic carbocycles. The first-order valence-electron chi connectivity index (χ1n) is 4.58. The fourth-order valence-electron chi connectivity index (χ4n) is 0.757.